The van der Waals surface area contributed by atoms with E-state index in [1.54, 1.807) is 12.1 Å². The Labute approximate surface area is 182 Å². The second kappa shape index (κ2) is 9.71. The summed E-state index contributed by atoms with van der Waals surface area (Å²) >= 11 is 1.20. The number of hydrogen-bond acceptors (Lipinski definition) is 6. The molecule has 1 aromatic carbocycles. The first-order valence-electron chi connectivity index (χ1n) is 9.34. The van der Waals surface area contributed by atoms with E-state index >= 15 is 0 Å². The van der Waals surface area contributed by atoms with Crippen molar-refractivity contribution in [2.24, 2.45) is 0 Å². The number of thiophene rings is 1. The monoisotopic (exact) mass is 473 g/mol. The number of aryl methyl sites for hydroxylation is 1. The number of hydrogen-bond donors (Lipinski definition) is 1. The van der Waals surface area contributed by atoms with Crippen LogP contribution < -0.4 is 10.1 Å². The van der Waals surface area contributed by atoms with Crippen molar-refractivity contribution in [1.82, 2.24) is 14.5 Å². The summed E-state index contributed by atoms with van der Waals surface area (Å²) in [6.07, 6.45) is 0. The molecular formula is C19H21F2N3O5S2. The number of carbonyl (C=O) groups is 2. The predicted molar refractivity (Wildman–Crippen MR) is 110 cm³/mol. The van der Waals surface area contributed by atoms with Crippen molar-refractivity contribution in [2.45, 2.75) is 17.7 Å². The van der Waals surface area contributed by atoms with E-state index in [0.29, 0.717) is 0 Å². The van der Waals surface area contributed by atoms with Crippen molar-refractivity contribution in [3.05, 3.63) is 46.8 Å². The molecule has 0 radical (unpaired) electrons. The Bertz CT molecular complexity index is 1050. The van der Waals surface area contributed by atoms with Gasteiger partial charge in [-0.25, -0.2) is 8.42 Å². The van der Waals surface area contributed by atoms with Crippen LogP contribution in [0.2, 0.25) is 0 Å². The van der Waals surface area contributed by atoms with Crippen LogP contribution in [-0.2, 0) is 14.8 Å². The molecule has 3 rings (SSSR count). The normalized spacial score (nSPS) is 15.2. The first-order chi connectivity index (χ1) is 14.7. The van der Waals surface area contributed by atoms with Gasteiger partial charge in [0.2, 0.25) is 5.91 Å². The standard InChI is InChI=1S/C19H21F2N3O5S2/c1-13-5-6-17(30-13)31(27,28)24-9-7-23(8-10-24)16(25)12-22-18(26)14-3-2-4-15(11-14)29-19(20)21/h2-6,11,19H,7-10,12H2,1H3,(H,22,26). The number of amides is 2. The van der Waals surface area contributed by atoms with Crippen molar-refractivity contribution in [1.29, 1.82) is 0 Å². The molecular weight excluding hydrogens is 452 g/mol. The molecule has 1 N–H and O–H groups in total. The number of nitrogens with one attached hydrogen (secondary N) is 1. The van der Waals surface area contributed by atoms with E-state index in [1.807, 2.05) is 6.92 Å². The second-order valence-electron chi connectivity index (χ2n) is 6.74. The van der Waals surface area contributed by atoms with E-state index < -0.39 is 22.5 Å². The van der Waals surface area contributed by atoms with Crippen LogP contribution in [0.3, 0.4) is 0 Å². The maximum Gasteiger partial charge on any atom is 0.387 e. The fourth-order valence-electron chi connectivity index (χ4n) is 3.04. The summed E-state index contributed by atoms with van der Waals surface area (Å²) in [7, 11) is -3.59. The minimum absolute atomic E-state index is 0.0769. The number of benzene rings is 1. The molecule has 1 saturated heterocycles. The number of sulfonamides is 1. The van der Waals surface area contributed by atoms with Gasteiger partial charge in [0.15, 0.2) is 0 Å². The van der Waals surface area contributed by atoms with Gasteiger partial charge in [0, 0.05) is 36.6 Å². The van der Waals surface area contributed by atoms with Crippen LogP contribution in [0, 0.1) is 6.92 Å². The van der Waals surface area contributed by atoms with Crippen molar-refractivity contribution in [3.63, 3.8) is 0 Å². The second-order valence-corrected chi connectivity index (χ2v) is 10.2. The van der Waals surface area contributed by atoms with Crippen LogP contribution in [0.15, 0.2) is 40.6 Å². The summed E-state index contributed by atoms with van der Waals surface area (Å²) in [6, 6.07) is 8.57. The number of piperazine rings is 1. The van der Waals surface area contributed by atoms with Gasteiger partial charge in [-0.2, -0.15) is 13.1 Å². The minimum Gasteiger partial charge on any atom is -0.435 e. The molecule has 0 bridgehead atoms. The molecule has 12 heteroatoms. The Hall–Kier alpha value is -2.57. The molecule has 1 aliphatic heterocycles. The van der Waals surface area contributed by atoms with Gasteiger partial charge in [0.05, 0.1) is 6.54 Å². The van der Waals surface area contributed by atoms with E-state index in [4.69, 9.17) is 0 Å². The van der Waals surface area contributed by atoms with Gasteiger partial charge in [0.25, 0.3) is 15.9 Å². The highest BCUT2D eigenvalue weighted by Gasteiger charge is 2.31. The van der Waals surface area contributed by atoms with Gasteiger partial charge < -0.3 is 15.0 Å². The maximum absolute atomic E-state index is 12.7. The van der Waals surface area contributed by atoms with Crippen molar-refractivity contribution >= 4 is 33.2 Å². The third-order valence-corrected chi connectivity index (χ3v) is 7.99. The van der Waals surface area contributed by atoms with E-state index in [9.17, 15) is 26.8 Å². The van der Waals surface area contributed by atoms with Gasteiger partial charge in [-0.3, -0.25) is 9.59 Å². The van der Waals surface area contributed by atoms with Crippen molar-refractivity contribution in [2.75, 3.05) is 32.7 Å². The Kier molecular flexibility index (Phi) is 7.23. The molecule has 0 aliphatic carbocycles. The summed E-state index contributed by atoms with van der Waals surface area (Å²) in [5, 5.41) is 2.44. The van der Waals surface area contributed by atoms with Crippen molar-refractivity contribution in [3.8, 4) is 5.75 Å². The Morgan fingerprint density at radius 3 is 2.48 bits per heavy atom. The highest BCUT2D eigenvalue weighted by Crippen LogP contribution is 2.25. The van der Waals surface area contributed by atoms with Crippen LogP contribution in [0.5, 0.6) is 5.75 Å². The average molecular weight is 474 g/mol. The van der Waals surface area contributed by atoms with Gasteiger partial charge >= 0.3 is 6.61 Å². The first-order valence-corrected chi connectivity index (χ1v) is 11.6. The lowest BCUT2D eigenvalue weighted by Crippen LogP contribution is -2.52. The van der Waals surface area contributed by atoms with Gasteiger partial charge in [-0.1, -0.05) is 6.07 Å². The predicted octanol–water partition coefficient (Wildman–Crippen LogP) is 1.92. The molecule has 168 valence electrons. The molecule has 31 heavy (non-hydrogen) atoms. The third-order valence-electron chi connectivity index (χ3n) is 4.62. The molecule has 8 nitrogen and oxygen atoms in total. The summed E-state index contributed by atoms with van der Waals surface area (Å²) in [6.45, 7) is -0.748. The van der Waals surface area contributed by atoms with E-state index in [2.05, 4.69) is 10.1 Å². The number of carbonyl (C=O) groups excluding carboxylic acids is 2. The largest absolute Gasteiger partial charge is 0.435 e. The minimum atomic E-state index is -3.59. The SMILES string of the molecule is Cc1ccc(S(=O)(=O)N2CCN(C(=O)CNC(=O)c3cccc(OC(F)F)c3)CC2)s1. The molecule has 0 spiro atoms. The molecule has 2 aromatic rings. The molecule has 2 heterocycles. The molecule has 1 fully saturated rings. The van der Waals surface area contributed by atoms with Gasteiger partial charge in [-0.15, -0.1) is 11.3 Å². The lowest BCUT2D eigenvalue weighted by Gasteiger charge is -2.33. The zero-order chi connectivity index (χ0) is 22.6. The van der Waals surface area contributed by atoms with Crippen LogP contribution in [0.1, 0.15) is 15.2 Å². The number of nitrogens with zero attached hydrogens (tertiary/aromatic N) is 2. The summed E-state index contributed by atoms with van der Waals surface area (Å²) in [5.41, 5.74) is 0.0769. The highest BCUT2D eigenvalue weighted by atomic mass is 32.2. The lowest BCUT2D eigenvalue weighted by molar-refractivity contribution is -0.131. The number of rotatable bonds is 7. The Morgan fingerprint density at radius 2 is 1.87 bits per heavy atom. The molecule has 0 saturated carbocycles. The van der Waals surface area contributed by atoms with E-state index in [0.717, 1.165) is 10.9 Å². The van der Waals surface area contributed by atoms with Crippen molar-refractivity contribution < 1.29 is 31.5 Å². The topological polar surface area (TPSA) is 96.0 Å². The zero-order valence-electron chi connectivity index (χ0n) is 16.6. The smallest absolute Gasteiger partial charge is 0.387 e. The summed E-state index contributed by atoms with van der Waals surface area (Å²) < 4.78 is 55.8. The van der Waals surface area contributed by atoms with Crippen LogP contribution >= 0.6 is 11.3 Å². The zero-order valence-corrected chi connectivity index (χ0v) is 18.2. The van der Waals surface area contributed by atoms with Crippen LogP contribution in [0.25, 0.3) is 0 Å². The van der Waals surface area contributed by atoms with Crippen LogP contribution in [0.4, 0.5) is 8.78 Å². The quantitative estimate of drug-likeness (QED) is 0.663. The van der Waals surface area contributed by atoms with Crippen LogP contribution in [-0.4, -0.2) is 68.8 Å². The molecule has 0 unspecified atom stereocenters. The number of ether oxygens (including phenoxy) is 1. The maximum atomic E-state index is 12.7. The highest BCUT2D eigenvalue weighted by molar-refractivity contribution is 7.91. The molecule has 2 amide bonds. The lowest BCUT2D eigenvalue weighted by atomic mass is 10.2. The number of halogens is 2. The first kappa shape index (κ1) is 23.1. The van der Waals surface area contributed by atoms with E-state index in [-0.39, 0.29) is 54.2 Å². The fourth-order valence-corrected chi connectivity index (χ4v) is 5.90. The van der Waals surface area contributed by atoms with Gasteiger partial charge in [-0.05, 0) is 37.3 Å². The summed E-state index contributed by atoms with van der Waals surface area (Å²) in [5.74, 6) is -1.13. The Morgan fingerprint density at radius 1 is 1.16 bits per heavy atom. The Balaban J connectivity index is 1.51. The third kappa shape index (κ3) is 5.77. The molecule has 0 atom stereocenters. The average Bonchev–Trinajstić information content (AvgIpc) is 3.19. The fraction of sp³-hybridized carbons (Fsp3) is 0.368. The summed E-state index contributed by atoms with van der Waals surface area (Å²) in [4.78, 5) is 27.0. The number of alkyl halides is 2. The van der Waals surface area contributed by atoms with Gasteiger partial charge in [0.1, 0.15) is 9.96 Å². The molecule has 1 aromatic heterocycles. The van der Waals surface area contributed by atoms with E-state index in [1.165, 1.54) is 38.7 Å². The molecule has 1 aliphatic rings.